The van der Waals surface area contributed by atoms with Gasteiger partial charge in [0.25, 0.3) is 0 Å². The van der Waals surface area contributed by atoms with Crippen molar-refractivity contribution in [1.29, 1.82) is 0 Å². The fourth-order valence-corrected chi connectivity index (χ4v) is 1.66. The Bertz CT molecular complexity index is 299. The predicted molar refractivity (Wildman–Crippen MR) is 54.6 cm³/mol. The summed E-state index contributed by atoms with van der Waals surface area (Å²) < 4.78 is 0.847. The van der Waals surface area contributed by atoms with Crippen LogP contribution in [0, 0.1) is 3.57 Å². The monoisotopic (exact) mass is 300 g/mol. The van der Waals surface area contributed by atoms with Gasteiger partial charge in [-0.3, -0.25) is 4.79 Å². The van der Waals surface area contributed by atoms with Gasteiger partial charge in [-0.1, -0.05) is 23.2 Å². The summed E-state index contributed by atoms with van der Waals surface area (Å²) in [6.07, 6.45) is 0.685. The van der Waals surface area contributed by atoms with E-state index in [1.807, 2.05) is 0 Å². The van der Waals surface area contributed by atoms with Crippen molar-refractivity contribution in [2.75, 3.05) is 0 Å². The summed E-state index contributed by atoms with van der Waals surface area (Å²) in [5.41, 5.74) is 0.428. The second-order valence-corrected chi connectivity index (χ2v) is 3.88. The van der Waals surface area contributed by atoms with E-state index < -0.39 is 0 Å². The van der Waals surface area contributed by atoms with Gasteiger partial charge in [-0.25, -0.2) is 0 Å². The van der Waals surface area contributed by atoms with Gasteiger partial charge in [0.1, 0.15) is 0 Å². The summed E-state index contributed by atoms with van der Waals surface area (Å²) >= 11 is 13.5. The van der Waals surface area contributed by atoms with E-state index in [1.54, 1.807) is 12.1 Å². The minimum Gasteiger partial charge on any atom is -0.298 e. The van der Waals surface area contributed by atoms with Crippen LogP contribution in [0.5, 0.6) is 0 Å². The zero-order valence-electron chi connectivity index (χ0n) is 5.27. The molecular formula is C7H3Cl2IO. The van der Waals surface area contributed by atoms with Gasteiger partial charge in [0.2, 0.25) is 0 Å². The Morgan fingerprint density at radius 3 is 2.45 bits per heavy atom. The van der Waals surface area contributed by atoms with Gasteiger partial charge in [0.15, 0.2) is 6.29 Å². The van der Waals surface area contributed by atoms with Gasteiger partial charge < -0.3 is 0 Å². The third kappa shape index (κ3) is 2.07. The average Bonchev–Trinajstić information content (AvgIpc) is 1.97. The lowest BCUT2D eigenvalue weighted by Crippen LogP contribution is -1.83. The molecule has 1 aromatic carbocycles. The van der Waals surface area contributed by atoms with Crippen molar-refractivity contribution in [2.24, 2.45) is 0 Å². The molecule has 0 amide bonds. The highest BCUT2D eigenvalue weighted by Crippen LogP contribution is 2.25. The summed E-state index contributed by atoms with van der Waals surface area (Å²) in [5, 5.41) is 0.992. The van der Waals surface area contributed by atoms with Crippen LogP contribution in [0.15, 0.2) is 12.1 Å². The third-order valence-electron chi connectivity index (χ3n) is 1.17. The molecule has 0 fully saturated rings. The minimum absolute atomic E-state index is 0.428. The topological polar surface area (TPSA) is 17.1 Å². The molecule has 0 aliphatic rings. The van der Waals surface area contributed by atoms with E-state index in [4.69, 9.17) is 23.2 Å². The molecule has 0 N–H and O–H groups in total. The fraction of sp³-hybridized carbons (Fsp3) is 0. The van der Waals surface area contributed by atoms with E-state index in [0.29, 0.717) is 21.9 Å². The largest absolute Gasteiger partial charge is 0.298 e. The Labute approximate surface area is 87.8 Å². The van der Waals surface area contributed by atoms with Crippen LogP contribution >= 0.6 is 45.8 Å². The van der Waals surface area contributed by atoms with Crippen LogP contribution in [0.3, 0.4) is 0 Å². The molecule has 0 radical (unpaired) electrons. The molecule has 0 saturated carbocycles. The number of benzene rings is 1. The van der Waals surface area contributed by atoms with Crippen molar-refractivity contribution in [3.8, 4) is 0 Å². The van der Waals surface area contributed by atoms with Gasteiger partial charge >= 0.3 is 0 Å². The number of hydrogen-bond donors (Lipinski definition) is 0. The molecule has 0 bridgehead atoms. The molecule has 0 aliphatic carbocycles. The maximum Gasteiger partial charge on any atom is 0.151 e. The van der Waals surface area contributed by atoms with Crippen molar-refractivity contribution >= 4 is 52.1 Å². The highest BCUT2D eigenvalue weighted by molar-refractivity contribution is 14.1. The van der Waals surface area contributed by atoms with Crippen molar-refractivity contribution < 1.29 is 4.79 Å². The number of aldehydes is 1. The van der Waals surface area contributed by atoms with E-state index in [0.717, 1.165) is 3.57 Å². The molecule has 4 heteroatoms. The number of carbonyl (C=O) groups excluding carboxylic acids is 1. The van der Waals surface area contributed by atoms with E-state index in [9.17, 15) is 4.79 Å². The van der Waals surface area contributed by atoms with Crippen LogP contribution in [0.25, 0.3) is 0 Å². The van der Waals surface area contributed by atoms with Crippen molar-refractivity contribution in [1.82, 2.24) is 0 Å². The number of carbonyl (C=O) groups is 1. The van der Waals surface area contributed by atoms with E-state index in [1.165, 1.54) is 0 Å². The SMILES string of the molecule is O=Cc1cc(Cl)c(I)cc1Cl. The number of rotatable bonds is 1. The van der Waals surface area contributed by atoms with Crippen LogP contribution in [0.4, 0.5) is 0 Å². The summed E-state index contributed by atoms with van der Waals surface area (Å²) in [6, 6.07) is 3.22. The Kier molecular flexibility index (Phi) is 3.16. The molecule has 0 spiro atoms. The molecule has 11 heavy (non-hydrogen) atoms. The zero-order chi connectivity index (χ0) is 8.43. The van der Waals surface area contributed by atoms with Crippen LogP contribution in [-0.2, 0) is 0 Å². The molecule has 1 aromatic rings. The summed E-state index contributed by atoms with van der Waals surface area (Å²) in [4.78, 5) is 10.3. The van der Waals surface area contributed by atoms with Crippen LogP contribution in [0.1, 0.15) is 10.4 Å². The lowest BCUT2D eigenvalue weighted by atomic mass is 10.2. The minimum atomic E-state index is 0.428. The van der Waals surface area contributed by atoms with Gasteiger partial charge in [-0.2, -0.15) is 0 Å². The molecule has 0 saturated heterocycles. The standard InChI is InChI=1S/C7H3Cl2IO/c8-5-2-7(10)6(9)1-4(5)3-11/h1-3H. The number of hydrogen-bond acceptors (Lipinski definition) is 1. The van der Waals surface area contributed by atoms with Crippen molar-refractivity contribution in [3.63, 3.8) is 0 Å². The van der Waals surface area contributed by atoms with Gasteiger partial charge in [0.05, 0.1) is 10.0 Å². The van der Waals surface area contributed by atoms with Crippen LogP contribution in [0.2, 0.25) is 10.0 Å². The van der Waals surface area contributed by atoms with E-state index >= 15 is 0 Å². The highest BCUT2D eigenvalue weighted by atomic mass is 127. The second-order valence-electron chi connectivity index (χ2n) is 1.91. The van der Waals surface area contributed by atoms with Crippen molar-refractivity contribution in [3.05, 3.63) is 31.3 Å². The molecule has 0 aromatic heterocycles. The summed E-state index contributed by atoms with van der Waals surface area (Å²) in [6.45, 7) is 0. The predicted octanol–water partition coefficient (Wildman–Crippen LogP) is 3.41. The molecule has 0 unspecified atom stereocenters. The van der Waals surface area contributed by atoms with Gasteiger partial charge in [-0.05, 0) is 34.7 Å². The first-order valence-corrected chi connectivity index (χ1v) is 4.58. The smallest absolute Gasteiger partial charge is 0.151 e. The van der Waals surface area contributed by atoms with E-state index in [-0.39, 0.29) is 0 Å². The average molecular weight is 301 g/mol. The normalized spacial score (nSPS) is 9.73. The lowest BCUT2D eigenvalue weighted by molar-refractivity contribution is 0.112. The molecule has 1 rings (SSSR count). The molecule has 58 valence electrons. The van der Waals surface area contributed by atoms with Crippen LogP contribution < -0.4 is 0 Å². The zero-order valence-corrected chi connectivity index (χ0v) is 8.94. The summed E-state index contributed by atoms with van der Waals surface area (Å²) in [5.74, 6) is 0. The third-order valence-corrected chi connectivity index (χ3v) is 3.02. The molecular weight excluding hydrogens is 298 g/mol. The molecule has 0 aliphatic heterocycles. The highest BCUT2D eigenvalue weighted by Gasteiger charge is 2.03. The molecule has 1 nitrogen and oxygen atoms in total. The first-order valence-electron chi connectivity index (χ1n) is 2.75. The molecule has 0 atom stereocenters. The lowest BCUT2D eigenvalue weighted by Gasteiger charge is -1.98. The van der Waals surface area contributed by atoms with E-state index in [2.05, 4.69) is 22.6 Å². The fourth-order valence-electron chi connectivity index (χ4n) is 0.628. The summed E-state index contributed by atoms with van der Waals surface area (Å²) in [7, 11) is 0. The van der Waals surface area contributed by atoms with Crippen molar-refractivity contribution in [2.45, 2.75) is 0 Å². The van der Waals surface area contributed by atoms with Crippen LogP contribution in [-0.4, -0.2) is 6.29 Å². The second kappa shape index (κ2) is 3.74. The first-order chi connectivity index (χ1) is 5.15. The quantitative estimate of drug-likeness (QED) is 0.441. The maximum absolute atomic E-state index is 10.3. The molecule has 0 heterocycles. The van der Waals surface area contributed by atoms with Gasteiger partial charge in [0, 0.05) is 9.13 Å². The van der Waals surface area contributed by atoms with Gasteiger partial charge in [-0.15, -0.1) is 0 Å². The Morgan fingerprint density at radius 1 is 1.27 bits per heavy atom. The maximum atomic E-state index is 10.3. The Balaban J connectivity index is 3.31. The number of halogens is 3. The first kappa shape index (κ1) is 9.29. The Morgan fingerprint density at radius 2 is 1.91 bits per heavy atom. The Hall–Kier alpha value is 0.200.